The van der Waals surface area contributed by atoms with E-state index in [0.29, 0.717) is 12.6 Å². The van der Waals surface area contributed by atoms with E-state index in [1.807, 2.05) is 32.0 Å². The molecule has 1 aromatic rings. The minimum atomic E-state index is 0.498. The van der Waals surface area contributed by atoms with E-state index in [1.54, 1.807) is 0 Å². The van der Waals surface area contributed by atoms with E-state index < -0.39 is 0 Å². The molecule has 0 spiro atoms. The molecule has 0 aromatic heterocycles. The van der Waals surface area contributed by atoms with Crippen molar-refractivity contribution < 1.29 is 0 Å². The second kappa shape index (κ2) is 10.9. The molecule has 0 unspecified atom stereocenters. The van der Waals surface area contributed by atoms with E-state index in [9.17, 15) is 0 Å². The molecule has 106 valence electrons. The molecule has 0 heterocycles. The Morgan fingerprint density at radius 1 is 1.37 bits per heavy atom. The Kier molecular flexibility index (Phi) is 10.3. The summed E-state index contributed by atoms with van der Waals surface area (Å²) in [5.41, 5.74) is 8.82. The first-order chi connectivity index (χ1) is 9.08. The van der Waals surface area contributed by atoms with Gasteiger partial charge in [0.15, 0.2) is 0 Å². The van der Waals surface area contributed by atoms with Crippen LogP contribution in [0.4, 0.5) is 0 Å². The minimum absolute atomic E-state index is 0.498. The van der Waals surface area contributed by atoms with Crippen LogP contribution in [0.15, 0.2) is 18.2 Å². The molecule has 3 N–H and O–H groups in total. The first-order valence-corrected chi connectivity index (χ1v) is 7.15. The molecule has 1 rings (SSSR count). The molecule has 1 aromatic carbocycles. The van der Waals surface area contributed by atoms with Crippen LogP contribution in [0, 0.1) is 11.3 Å². The Morgan fingerprint density at radius 3 is 2.42 bits per heavy atom. The highest BCUT2D eigenvalue weighted by molar-refractivity contribution is 7.78. The van der Waals surface area contributed by atoms with Gasteiger partial charge in [-0.25, -0.2) is 0 Å². The Bertz CT molecular complexity index is 397. The molecular formula is C15H25N3S. The van der Waals surface area contributed by atoms with Crippen LogP contribution in [0.25, 0.3) is 0 Å². The smallest absolute Gasteiger partial charge is 0.0991 e. The number of nitrogens with zero attached hydrogens (tertiary/aromatic N) is 1. The first kappa shape index (κ1) is 18.0. The third-order valence-electron chi connectivity index (χ3n) is 2.62. The highest BCUT2D eigenvalue weighted by Crippen LogP contribution is 2.14. The predicted octanol–water partition coefficient (Wildman–Crippen LogP) is 2.84. The lowest BCUT2D eigenvalue weighted by atomic mass is 9.99. The van der Waals surface area contributed by atoms with Crippen LogP contribution in [0.2, 0.25) is 0 Å². The van der Waals surface area contributed by atoms with Crippen LogP contribution < -0.4 is 10.5 Å². The van der Waals surface area contributed by atoms with Crippen LogP contribution in [-0.2, 0) is 12.8 Å². The molecule has 0 bridgehead atoms. The van der Waals surface area contributed by atoms with Gasteiger partial charge in [0.25, 0.3) is 0 Å². The average molecular weight is 279 g/mol. The number of aryl methyl sites for hydroxylation is 2. The van der Waals surface area contributed by atoms with Crippen molar-refractivity contribution in [3.8, 4) is 6.07 Å². The SMILES string of the molecule is CC(C)NS.CCc1ccc(C#N)cc1CCCN. The number of nitrogens with two attached hydrogens (primary N) is 1. The zero-order valence-corrected chi connectivity index (χ0v) is 13.0. The van der Waals surface area contributed by atoms with Crippen molar-refractivity contribution in [3.63, 3.8) is 0 Å². The van der Waals surface area contributed by atoms with Gasteiger partial charge in [0.2, 0.25) is 0 Å². The molecule has 0 atom stereocenters. The van der Waals surface area contributed by atoms with E-state index in [1.165, 1.54) is 11.1 Å². The zero-order chi connectivity index (χ0) is 14.7. The molecule has 0 aliphatic rings. The minimum Gasteiger partial charge on any atom is -0.330 e. The monoisotopic (exact) mass is 279 g/mol. The van der Waals surface area contributed by atoms with Gasteiger partial charge in [0.05, 0.1) is 11.6 Å². The molecule has 19 heavy (non-hydrogen) atoms. The fraction of sp³-hybridized carbons (Fsp3) is 0.533. The summed E-state index contributed by atoms with van der Waals surface area (Å²) in [4.78, 5) is 0. The molecule has 0 aliphatic carbocycles. The summed E-state index contributed by atoms with van der Waals surface area (Å²) in [5.74, 6) is 0. The van der Waals surface area contributed by atoms with Gasteiger partial charge in [0, 0.05) is 6.04 Å². The molecule has 4 heteroatoms. The second-order valence-electron chi connectivity index (χ2n) is 4.62. The lowest BCUT2D eigenvalue weighted by Gasteiger charge is -2.07. The molecule has 3 nitrogen and oxygen atoms in total. The predicted molar refractivity (Wildman–Crippen MR) is 85.2 cm³/mol. The normalized spacial score (nSPS) is 9.74. The number of nitriles is 1. The Hall–Kier alpha value is -1.02. The summed E-state index contributed by atoms with van der Waals surface area (Å²) in [7, 11) is 0. The number of hydrogen-bond donors (Lipinski definition) is 3. The summed E-state index contributed by atoms with van der Waals surface area (Å²) in [6, 6.07) is 8.57. The van der Waals surface area contributed by atoms with Crippen molar-refractivity contribution in [2.24, 2.45) is 5.73 Å². The van der Waals surface area contributed by atoms with Crippen LogP contribution in [0.5, 0.6) is 0 Å². The van der Waals surface area contributed by atoms with Gasteiger partial charge in [-0.2, -0.15) is 5.26 Å². The highest BCUT2D eigenvalue weighted by atomic mass is 32.1. The van der Waals surface area contributed by atoms with Gasteiger partial charge in [0.1, 0.15) is 0 Å². The molecule has 0 radical (unpaired) electrons. The van der Waals surface area contributed by atoms with Crippen molar-refractivity contribution in [1.29, 1.82) is 5.26 Å². The lowest BCUT2D eigenvalue weighted by Crippen LogP contribution is -2.09. The Balaban J connectivity index is 0.000000555. The number of nitrogens with one attached hydrogen (secondary N) is 1. The number of rotatable bonds is 5. The lowest BCUT2D eigenvalue weighted by molar-refractivity contribution is 0.776. The summed E-state index contributed by atoms with van der Waals surface area (Å²) in [5, 5.41) is 8.78. The molecule has 0 saturated heterocycles. The van der Waals surface area contributed by atoms with Crippen molar-refractivity contribution in [2.45, 2.75) is 46.1 Å². The summed E-state index contributed by atoms with van der Waals surface area (Å²) >= 11 is 3.77. The van der Waals surface area contributed by atoms with Gasteiger partial charge in [-0.3, -0.25) is 4.72 Å². The summed E-state index contributed by atoms with van der Waals surface area (Å²) in [6.45, 7) is 6.91. The van der Waals surface area contributed by atoms with Crippen LogP contribution in [0.1, 0.15) is 43.9 Å². The molecular weight excluding hydrogens is 254 g/mol. The maximum absolute atomic E-state index is 8.78. The maximum atomic E-state index is 8.78. The van der Waals surface area contributed by atoms with Gasteiger partial charge in [-0.1, -0.05) is 25.8 Å². The number of hydrogen-bond acceptors (Lipinski definition) is 4. The molecule has 0 aliphatic heterocycles. The van der Waals surface area contributed by atoms with Crippen LogP contribution in [-0.4, -0.2) is 12.6 Å². The summed E-state index contributed by atoms with van der Waals surface area (Å²) in [6.07, 6.45) is 2.99. The summed E-state index contributed by atoms with van der Waals surface area (Å²) < 4.78 is 2.72. The van der Waals surface area contributed by atoms with Crippen molar-refractivity contribution in [2.75, 3.05) is 6.54 Å². The van der Waals surface area contributed by atoms with Crippen LogP contribution >= 0.6 is 12.8 Å². The molecule has 0 fully saturated rings. The van der Waals surface area contributed by atoms with Crippen molar-refractivity contribution >= 4 is 12.8 Å². The fourth-order valence-electron chi connectivity index (χ4n) is 1.57. The largest absolute Gasteiger partial charge is 0.330 e. The average Bonchev–Trinajstić information content (AvgIpc) is 2.45. The van der Waals surface area contributed by atoms with Crippen LogP contribution in [0.3, 0.4) is 0 Å². The van der Waals surface area contributed by atoms with E-state index in [4.69, 9.17) is 11.0 Å². The number of benzene rings is 1. The van der Waals surface area contributed by atoms with Gasteiger partial charge in [-0.05, 0) is 62.9 Å². The maximum Gasteiger partial charge on any atom is 0.0991 e. The van der Waals surface area contributed by atoms with E-state index in [-0.39, 0.29) is 0 Å². The zero-order valence-electron chi connectivity index (χ0n) is 12.1. The third kappa shape index (κ3) is 7.89. The van der Waals surface area contributed by atoms with Crippen molar-refractivity contribution in [3.05, 3.63) is 34.9 Å². The third-order valence-corrected chi connectivity index (χ3v) is 3.14. The highest BCUT2D eigenvalue weighted by Gasteiger charge is 2.01. The van der Waals surface area contributed by atoms with Gasteiger partial charge in [-0.15, -0.1) is 0 Å². The van der Waals surface area contributed by atoms with Gasteiger partial charge >= 0.3 is 0 Å². The van der Waals surface area contributed by atoms with E-state index >= 15 is 0 Å². The molecule has 0 amide bonds. The van der Waals surface area contributed by atoms with Gasteiger partial charge < -0.3 is 5.73 Å². The number of thiol groups is 1. The molecule has 0 saturated carbocycles. The Labute approximate surface area is 122 Å². The first-order valence-electron chi connectivity index (χ1n) is 6.70. The standard InChI is InChI=1S/C12H16N2.C3H9NS/c1-2-11-6-5-10(9-14)8-12(11)4-3-7-13;1-3(2)4-5/h5-6,8H,2-4,7,13H2,1H3;3-5H,1-2H3. The van der Waals surface area contributed by atoms with Crippen molar-refractivity contribution in [1.82, 2.24) is 4.72 Å². The fourth-order valence-corrected chi connectivity index (χ4v) is 1.57. The topological polar surface area (TPSA) is 61.8 Å². The Morgan fingerprint density at radius 2 is 2.00 bits per heavy atom. The van der Waals surface area contributed by atoms with E-state index in [0.717, 1.165) is 24.8 Å². The second-order valence-corrected chi connectivity index (χ2v) is 4.88. The van der Waals surface area contributed by atoms with E-state index in [2.05, 4.69) is 30.5 Å². The quantitative estimate of drug-likeness (QED) is 0.726.